The number of alkyl halides is 3. The van der Waals surface area contributed by atoms with Crippen molar-refractivity contribution in [2.75, 3.05) is 25.0 Å². The van der Waals surface area contributed by atoms with Crippen LogP contribution in [-0.2, 0) is 28.9 Å². The first-order valence-electron chi connectivity index (χ1n) is 11.5. The number of ether oxygens (including phenoxy) is 1. The summed E-state index contributed by atoms with van der Waals surface area (Å²) in [6.07, 6.45) is -4.22. The van der Waals surface area contributed by atoms with E-state index < -0.39 is 12.1 Å². The van der Waals surface area contributed by atoms with E-state index in [1.807, 2.05) is 37.3 Å². The number of halogens is 4. The molecule has 0 bridgehead atoms. The van der Waals surface area contributed by atoms with Crippen molar-refractivity contribution in [2.45, 2.75) is 59.4 Å². The Hall–Kier alpha value is -2.25. The van der Waals surface area contributed by atoms with E-state index in [0.29, 0.717) is 36.7 Å². The summed E-state index contributed by atoms with van der Waals surface area (Å²) in [7, 11) is 0. The quantitative estimate of drug-likeness (QED) is 0.492. The van der Waals surface area contributed by atoms with Gasteiger partial charge in [0.15, 0.2) is 0 Å². The highest BCUT2D eigenvalue weighted by Crippen LogP contribution is 2.33. The van der Waals surface area contributed by atoms with E-state index in [0.717, 1.165) is 27.2 Å². The number of hydrogen-bond donors (Lipinski definition) is 1. The lowest BCUT2D eigenvalue weighted by molar-refractivity contribution is -0.185. The molecule has 0 saturated heterocycles. The average Bonchev–Trinajstić information content (AvgIpc) is 2.98. The molecule has 34 heavy (non-hydrogen) atoms. The number of amides is 1. The molecule has 3 rings (SSSR count). The fourth-order valence-corrected chi connectivity index (χ4v) is 4.18. The number of carbonyl (C=O) groups is 1. The molecule has 1 N–H and O–H groups in total. The molecule has 8 heteroatoms. The van der Waals surface area contributed by atoms with Gasteiger partial charge in [-0.1, -0.05) is 62.7 Å². The smallest absolute Gasteiger partial charge is 0.380 e. The topological polar surface area (TPSA) is 41.6 Å². The van der Waals surface area contributed by atoms with Gasteiger partial charge in [0, 0.05) is 19.6 Å². The fourth-order valence-electron chi connectivity index (χ4n) is 3.94. The Morgan fingerprint density at radius 3 is 2.35 bits per heavy atom. The Morgan fingerprint density at radius 2 is 1.74 bits per heavy atom. The van der Waals surface area contributed by atoms with E-state index in [1.165, 1.54) is 0 Å². The number of fused-ring (bicyclic) bond motifs is 1. The summed E-state index contributed by atoms with van der Waals surface area (Å²) in [6, 6.07) is 11.7. The van der Waals surface area contributed by atoms with Crippen LogP contribution in [0.5, 0.6) is 0 Å². The lowest BCUT2D eigenvalue weighted by atomic mass is 9.98. The molecule has 0 aliphatic carbocycles. The summed E-state index contributed by atoms with van der Waals surface area (Å²) < 4.78 is 44.6. The number of rotatable bonds is 6. The molecule has 2 aromatic carbocycles. The first kappa shape index (κ1) is 26.4. The van der Waals surface area contributed by atoms with Crippen LogP contribution >= 0.6 is 11.6 Å². The van der Waals surface area contributed by atoms with Gasteiger partial charge in [-0.3, -0.25) is 4.79 Å². The van der Waals surface area contributed by atoms with Crippen molar-refractivity contribution < 1.29 is 22.7 Å². The van der Waals surface area contributed by atoms with Gasteiger partial charge < -0.3 is 15.0 Å². The standard InChI is InChI=1S/C26H32ClF3N2O2/c1-17(34-16-25(2,3)4)19-7-5-18(6-8-19)15-31-23-21-12-14-32(24(33)26(28,29)30)13-11-20(21)9-10-22(23)27/h5-10,17,31H,11-16H2,1-4H3. The molecule has 0 fully saturated rings. The average molecular weight is 497 g/mol. The first-order valence-corrected chi connectivity index (χ1v) is 11.8. The van der Waals surface area contributed by atoms with Crippen molar-refractivity contribution in [1.29, 1.82) is 0 Å². The molecule has 186 valence electrons. The maximum Gasteiger partial charge on any atom is 0.471 e. The molecular formula is C26H32ClF3N2O2. The second-order valence-electron chi connectivity index (χ2n) is 9.96. The zero-order valence-electron chi connectivity index (χ0n) is 20.1. The number of carbonyl (C=O) groups excluding carboxylic acids is 1. The third-order valence-corrected chi connectivity index (χ3v) is 6.17. The number of benzene rings is 2. The van der Waals surface area contributed by atoms with Crippen molar-refractivity contribution in [1.82, 2.24) is 4.90 Å². The van der Waals surface area contributed by atoms with Crippen LogP contribution in [0.4, 0.5) is 18.9 Å². The summed E-state index contributed by atoms with van der Waals surface area (Å²) in [5, 5.41) is 3.87. The minimum Gasteiger partial charge on any atom is -0.380 e. The van der Waals surface area contributed by atoms with Gasteiger partial charge in [-0.25, -0.2) is 0 Å². The second-order valence-corrected chi connectivity index (χ2v) is 10.4. The Balaban J connectivity index is 1.67. The van der Waals surface area contributed by atoms with Gasteiger partial charge in [0.25, 0.3) is 0 Å². The highest BCUT2D eigenvalue weighted by Gasteiger charge is 2.42. The number of hydrogen-bond acceptors (Lipinski definition) is 3. The second kappa shape index (κ2) is 10.6. The van der Waals surface area contributed by atoms with E-state index >= 15 is 0 Å². The minimum atomic E-state index is -4.86. The zero-order valence-corrected chi connectivity index (χ0v) is 20.8. The van der Waals surface area contributed by atoms with Gasteiger partial charge >= 0.3 is 12.1 Å². The van der Waals surface area contributed by atoms with Gasteiger partial charge in [-0.2, -0.15) is 13.2 Å². The van der Waals surface area contributed by atoms with Crippen LogP contribution in [0, 0.1) is 5.41 Å². The predicted molar refractivity (Wildman–Crippen MR) is 129 cm³/mol. The Bertz CT molecular complexity index is 1000. The lowest BCUT2D eigenvalue weighted by Gasteiger charge is -2.22. The van der Waals surface area contributed by atoms with Crippen LogP contribution in [0.3, 0.4) is 0 Å². The number of nitrogens with one attached hydrogen (secondary N) is 1. The molecule has 4 nitrogen and oxygen atoms in total. The molecule has 2 aromatic rings. The fraction of sp³-hybridized carbons (Fsp3) is 0.500. The molecule has 0 spiro atoms. The van der Waals surface area contributed by atoms with Gasteiger partial charge in [-0.15, -0.1) is 0 Å². The maximum atomic E-state index is 12.9. The van der Waals surface area contributed by atoms with E-state index in [2.05, 4.69) is 26.1 Å². The van der Waals surface area contributed by atoms with E-state index in [-0.39, 0.29) is 24.6 Å². The first-order chi connectivity index (χ1) is 15.8. The van der Waals surface area contributed by atoms with Crippen LogP contribution in [0.15, 0.2) is 36.4 Å². The highest BCUT2D eigenvalue weighted by molar-refractivity contribution is 6.33. The molecule has 1 amide bonds. The predicted octanol–water partition coefficient (Wildman–Crippen LogP) is 6.57. The molecule has 0 radical (unpaired) electrons. The van der Waals surface area contributed by atoms with Crippen molar-refractivity contribution in [3.8, 4) is 0 Å². The summed E-state index contributed by atoms with van der Waals surface area (Å²) >= 11 is 6.45. The van der Waals surface area contributed by atoms with Gasteiger partial charge in [0.2, 0.25) is 0 Å². The van der Waals surface area contributed by atoms with Gasteiger partial charge in [0.1, 0.15) is 0 Å². The van der Waals surface area contributed by atoms with E-state index in [1.54, 1.807) is 6.07 Å². The molecule has 0 saturated carbocycles. The molecule has 1 heterocycles. The Labute approximate surface area is 204 Å². The summed E-state index contributed by atoms with van der Waals surface area (Å²) in [5.41, 5.74) is 4.72. The third kappa shape index (κ3) is 6.89. The number of anilines is 1. The van der Waals surface area contributed by atoms with Crippen LogP contribution in [0.25, 0.3) is 0 Å². The van der Waals surface area contributed by atoms with Crippen molar-refractivity contribution >= 4 is 23.2 Å². The van der Waals surface area contributed by atoms with Crippen LogP contribution in [0.2, 0.25) is 5.02 Å². The normalized spacial score (nSPS) is 15.5. The molecule has 0 aromatic heterocycles. The largest absolute Gasteiger partial charge is 0.471 e. The van der Waals surface area contributed by atoms with Crippen LogP contribution in [0.1, 0.15) is 56.1 Å². The van der Waals surface area contributed by atoms with Crippen molar-refractivity contribution in [3.63, 3.8) is 0 Å². The summed E-state index contributed by atoms with van der Waals surface area (Å²) in [6.45, 7) is 9.65. The van der Waals surface area contributed by atoms with Crippen LogP contribution in [-0.4, -0.2) is 36.7 Å². The maximum absolute atomic E-state index is 12.9. The van der Waals surface area contributed by atoms with E-state index in [9.17, 15) is 18.0 Å². The van der Waals surface area contributed by atoms with Crippen LogP contribution < -0.4 is 5.32 Å². The zero-order chi connectivity index (χ0) is 25.1. The summed E-state index contributed by atoms with van der Waals surface area (Å²) in [4.78, 5) is 12.6. The SMILES string of the molecule is CC(OCC(C)(C)C)c1ccc(CNc2c(Cl)ccc3c2CCN(C(=O)C(F)(F)F)CC3)cc1. The number of nitrogens with zero attached hydrogens (tertiary/aromatic N) is 1. The molecule has 1 aliphatic heterocycles. The Morgan fingerprint density at radius 1 is 1.09 bits per heavy atom. The van der Waals surface area contributed by atoms with E-state index in [4.69, 9.17) is 16.3 Å². The van der Waals surface area contributed by atoms with Gasteiger partial charge in [0.05, 0.1) is 23.4 Å². The molecule has 1 atom stereocenters. The monoisotopic (exact) mass is 496 g/mol. The molecule has 1 unspecified atom stereocenters. The van der Waals surface area contributed by atoms with Crippen molar-refractivity contribution in [2.24, 2.45) is 5.41 Å². The van der Waals surface area contributed by atoms with Crippen molar-refractivity contribution in [3.05, 3.63) is 63.7 Å². The molecule has 1 aliphatic rings. The Kier molecular flexibility index (Phi) is 8.19. The van der Waals surface area contributed by atoms with Gasteiger partial charge in [-0.05, 0) is 53.5 Å². The third-order valence-electron chi connectivity index (χ3n) is 5.86. The minimum absolute atomic E-state index is 0.00150. The lowest BCUT2D eigenvalue weighted by Crippen LogP contribution is -2.42. The highest BCUT2D eigenvalue weighted by atomic mass is 35.5. The summed E-state index contributed by atoms with van der Waals surface area (Å²) in [5.74, 6) is -1.79. The molecular weight excluding hydrogens is 465 g/mol.